The number of nitrogens with one attached hydrogen (secondary N) is 1. The molecule has 1 amide bonds. The molecule has 25 heavy (non-hydrogen) atoms. The molecule has 1 atom stereocenters. The van der Waals surface area contributed by atoms with Crippen molar-refractivity contribution in [2.75, 3.05) is 13.7 Å². The van der Waals surface area contributed by atoms with Gasteiger partial charge in [0.15, 0.2) is 0 Å². The molecular weight excluding hydrogens is 321 g/mol. The van der Waals surface area contributed by atoms with Crippen molar-refractivity contribution in [1.29, 1.82) is 0 Å². The largest absolute Gasteiger partial charge is 0.372 e. The molecule has 130 valence electrons. The van der Waals surface area contributed by atoms with Crippen molar-refractivity contribution >= 4 is 11.6 Å². The highest BCUT2D eigenvalue weighted by Crippen LogP contribution is 2.26. The maximum Gasteiger partial charge on any atom is 0.270 e. The van der Waals surface area contributed by atoms with Crippen LogP contribution in [-0.2, 0) is 10.3 Å². The van der Waals surface area contributed by atoms with Crippen LogP contribution in [0.2, 0.25) is 0 Å². The van der Waals surface area contributed by atoms with E-state index in [4.69, 9.17) is 4.74 Å². The Labute approximate surface area is 145 Å². The molecule has 0 bridgehead atoms. The highest BCUT2D eigenvalue weighted by molar-refractivity contribution is 5.94. The normalized spacial score (nSPS) is 13.6. The van der Waals surface area contributed by atoms with Crippen molar-refractivity contribution in [2.24, 2.45) is 0 Å². The zero-order valence-electron chi connectivity index (χ0n) is 14.4. The molecule has 0 aliphatic carbocycles. The van der Waals surface area contributed by atoms with Crippen molar-refractivity contribution in [3.8, 4) is 0 Å². The van der Waals surface area contributed by atoms with Gasteiger partial charge < -0.3 is 10.1 Å². The molecule has 0 aliphatic heterocycles. The van der Waals surface area contributed by atoms with Gasteiger partial charge in [0.25, 0.3) is 5.91 Å². The molecule has 0 radical (unpaired) electrons. The van der Waals surface area contributed by atoms with E-state index < -0.39 is 5.60 Å². The van der Waals surface area contributed by atoms with Gasteiger partial charge in [0.1, 0.15) is 22.8 Å². The number of amides is 1. The van der Waals surface area contributed by atoms with Crippen LogP contribution in [0.15, 0.2) is 48.7 Å². The number of imidazole rings is 1. The van der Waals surface area contributed by atoms with E-state index in [1.165, 1.54) is 13.2 Å². The molecule has 6 heteroatoms. The van der Waals surface area contributed by atoms with Crippen LogP contribution in [0.3, 0.4) is 0 Å². The Hall–Kier alpha value is -2.73. The van der Waals surface area contributed by atoms with Crippen LogP contribution in [-0.4, -0.2) is 28.9 Å². The minimum absolute atomic E-state index is 0.128. The zero-order chi connectivity index (χ0) is 18.0. The molecule has 2 heterocycles. The predicted octanol–water partition coefficient (Wildman–Crippen LogP) is 3.07. The van der Waals surface area contributed by atoms with Gasteiger partial charge in [0.2, 0.25) is 0 Å². The van der Waals surface area contributed by atoms with Crippen LogP contribution in [0.4, 0.5) is 4.39 Å². The maximum absolute atomic E-state index is 14.1. The summed E-state index contributed by atoms with van der Waals surface area (Å²) in [5, 5.41) is 2.84. The monoisotopic (exact) mass is 341 g/mol. The lowest BCUT2D eigenvalue weighted by molar-refractivity contribution is 0.000333. The van der Waals surface area contributed by atoms with Crippen LogP contribution in [0.1, 0.15) is 28.7 Å². The first-order valence-corrected chi connectivity index (χ1v) is 7.98. The van der Waals surface area contributed by atoms with Crippen molar-refractivity contribution in [3.63, 3.8) is 0 Å². The third kappa shape index (κ3) is 3.13. The van der Waals surface area contributed by atoms with Crippen molar-refractivity contribution in [1.82, 2.24) is 14.7 Å². The lowest BCUT2D eigenvalue weighted by Crippen LogP contribution is -2.41. The summed E-state index contributed by atoms with van der Waals surface area (Å²) in [6, 6.07) is 11.9. The van der Waals surface area contributed by atoms with Crippen LogP contribution in [0.25, 0.3) is 5.65 Å². The standard InChI is InChI=1S/C19H20FN3O2/c1-13-17(23-11-7-6-10-16(23)22-13)18(24)21-12-19(2,25-3)14-8-4-5-9-15(14)20/h4-11H,12H2,1-3H3,(H,21,24)/t19-/m0/s1. The van der Waals surface area contributed by atoms with Crippen molar-refractivity contribution in [3.05, 3.63) is 71.4 Å². The molecule has 0 fully saturated rings. The first kappa shape index (κ1) is 17.1. The molecule has 1 aromatic carbocycles. The minimum Gasteiger partial charge on any atom is -0.372 e. The smallest absolute Gasteiger partial charge is 0.270 e. The number of fused-ring (bicyclic) bond motifs is 1. The SMILES string of the molecule is CO[C@@](C)(CNC(=O)c1c(C)nc2ccccn12)c1ccccc1F. The first-order chi connectivity index (χ1) is 12.0. The number of aromatic nitrogens is 2. The summed E-state index contributed by atoms with van der Waals surface area (Å²) in [6.45, 7) is 3.66. The van der Waals surface area contributed by atoms with Crippen LogP contribution in [0, 0.1) is 12.7 Å². The average molecular weight is 341 g/mol. The number of hydrogen-bond acceptors (Lipinski definition) is 3. The number of carbonyl (C=O) groups excluding carboxylic acids is 1. The molecule has 0 unspecified atom stereocenters. The number of hydrogen-bond donors (Lipinski definition) is 1. The Balaban J connectivity index is 1.85. The van der Waals surface area contributed by atoms with Gasteiger partial charge in [-0.05, 0) is 32.0 Å². The Morgan fingerprint density at radius 1 is 1.28 bits per heavy atom. The molecule has 3 aromatic rings. The highest BCUT2D eigenvalue weighted by Gasteiger charge is 2.30. The summed E-state index contributed by atoms with van der Waals surface area (Å²) >= 11 is 0. The lowest BCUT2D eigenvalue weighted by atomic mass is 9.95. The highest BCUT2D eigenvalue weighted by atomic mass is 19.1. The number of benzene rings is 1. The summed E-state index contributed by atoms with van der Waals surface area (Å²) in [4.78, 5) is 17.1. The number of methoxy groups -OCH3 is 1. The number of ether oxygens (including phenoxy) is 1. The third-order valence-electron chi connectivity index (χ3n) is 4.40. The summed E-state index contributed by atoms with van der Waals surface area (Å²) in [5.41, 5.74) is 1.22. The van der Waals surface area contributed by atoms with E-state index in [0.717, 1.165) is 0 Å². The molecule has 3 rings (SSSR count). The average Bonchev–Trinajstić information content (AvgIpc) is 2.95. The fourth-order valence-corrected chi connectivity index (χ4v) is 2.89. The van der Waals surface area contributed by atoms with Gasteiger partial charge in [0.05, 0.1) is 12.2 Å². The van der Waals surface area contributed by atoms with E-state index in [2.05, 4.69) is 10.3 Å². The Morgan fingerprint density at radius 3 is 2.72 bits per heavy atom. The fourth-order valence-electron chi connectivity index (χ4n) is 2.89. The predicted molar refractivity (Wildman–Crippen MR) is 93.0 cm³/mol. The molecule has 5 nitrogen and oxygen atoms in total. The van der Waals surface area contributed by atoms with Gasteiger partial charge in [-0.2, -0.15) is 0 Å². The Bertz CT molecular complexity index is 922. The van der Waals surface area contributed by atoms with Crippen LogP contribution < -0.4 is 5.32 Å². The summed E-state index contributed by atoms with van der Waals surface area (Å²) in [6.07, 6.45) is 1.79. The molecule has 2 aromatic heterocycles. The first-order valence-electron chi connectivity index (χ1n) is 7.98. The summed E-state index contributed by atoms with van der Waals surface area (Å²) in [7, 11) is 1.50. The third-order valence-corrected chi connectivity index (χ3v) is 4.40. The Kier molecular flexibility index (Phi) is 4.55. The molecule has 0 saturated heterocycles. The quantitative estimate of drug-likeness (QED) is 0.776. The maximum atomic E-state index is 14.1. The molecule has 0 spiro atoms. The minimum atomic E-state index is -0.977. The van der Waals surface area contributed by atoms with Gasteiger partial charge in [-0.25, -0.2) is 9.37 Å². The number of rotatable bonds is 5. The second-order valence-electron chi connectivity index (χ2n) is 6.07. The van der Waals surface area contributed by atoms with Gasteiger partial charge >= 0.3 is 0 Å². The van der Waals surface area contributed by atoms with E-state index >= 15 is 0 Å². The van der Waals surface area contributed by atoms with Crippen LogP contribution in [0.5, 0.6) is 0 Å². The van der Waals surface area contributed by atoms with Crippen molar-refractivity contribution in [2.45, 2.75) is 19.4 Å². The van der Waals surface area contributed by atoms with E-state index in [-0.39, 0.29) is 18.3 Å². The topological polar surface area (TPSA) is 55.6 Å². The number of aryl methyl sites for hydroxylation is 1. The zero-order valence-corrected chi connectivity index (χ0v) is 14.4. The lowest BCUT2D eigenvalue weighted by Gasteiger charge is -2.29. The number of pyridine rings is 1. The molecular formula is C19H20FN3O2. The second kappa shape index (κ2) is 6.64. The van der Waals surface area contributed by atoms with E-state index in [1.54, 1.807) is 42.6 Å². The number of nitrogens with zero attached hydrogens (tertiary/aromatic N) is 2. The molecule has 0 aliphatic rings. The van der Waals surface area contributed by atoms with E-state index in [0.29, 0.717) is 22.6 Å². The van der Waals surface area contributed by atoms with E-state index in [1.807, 2.05) is 18.2 Å². The van der Waals surface area contributed by atoms with Gasteiger partial charge in [0, 0.05) is 18.9 Å². The second-order valence-corrected chi connectivity index (χ2v) is 6.07. The summed E-state index contributed by atoms with van der Waals surface area (Å²) in [5.74, 6) is -0.650. The number of carbonyl (C=O) groups is 1. The van der Waals surface area contributed by atoms with Crippen LogP contribution >= 0.6 is 0 Å². The van der Waals surface area contributed by atoms with E-state index in [9.17, 15) is 9.18 Å². The Morgan fingerprint density at radius 2 is 2.00 bits per heavy atom. The summed E-state index contributed by atoms with van der Waals surface area (Å²) < 4.78 is 21.4. The number of halogens is 1. The van der Waals surface area contributed by atoms with Gasteiger partial charge in [-0.15, -0.1) is 0 Å². The fraction of sp³-hybridized carbons (Fsp3) is 0.263. The van der Waals surface area contributed by atoms with Crippen molar-refractivity contribution < 1.29 is 13.9 Å². The van der Waals surface area contributed by atoms with Gasteiger partial charge in [-0.1, -0.05) is 24.3 Å². The molecule has 0 saturated carbocycles. The molecule has 1 N–H and O–H groups in total. The van der Waals surface area contributed by atoms with Gasteiger partial charge in [-0.3, -0.25) is 9.20 Å².